The lowest BCUT2D eigenvalue weighted by Crippen LogP contribution is -2.51. The molecule has 0 aliphatic carbocycles. The van der Waals surface area contributed by atoms with E-state index in [4.69, 9.17) is 9.15 Å². The molecule has 0 N–H and O–H groups in total. The van der Waals surface area contributed by atoms with Gasteiger partial charge in [-0.1, -0.05) is 17.7 Å². The summed E-state index contributed by atoms with van der Waals surface area (Å²) in [7, 11) is 0. The van der Waals surface area contributed by atoms with Crippen LogP contribution in [0.2, 0.25) is 0 Å². The molecular formula is C20H22N2O5. The Balaban J connectivity index is 1.49. The first-order valence-corrected chi connectivity index (χ1v) is 8.80. The number of aryl methyl sites for hydroxylation is 2. The summed E-state index contributed by atoms with van der Waals surface area (Å²) in [6, 6.07) is 8.80. The second kappa shape index (κ2) is 8.07. The molecule has 1 saturated heterocycles. The van der Waals surface area contributed by atoms with Gasteiger partial charge in [-0.05, 0) is 37.6 Å². The number of benzene rings is 1. The molecular weight excluding hydrogens is 348 g/mol. The van der Waals surface area contributed by atoms with E-state index in [-0.39, 0.29) is 24.2 Å². The Bertz CT molecular complexity index is 836. The minimum Gasteiger partial charge on any atom is -0.459 e. The first kappa shape index (κ1) is 18.7. The average molecular weight is 370 g/mol. The van der Waals surface area contributed by atoms with E-state index in [1.165, 1.54) is 6.26 Å². The molecule has 1 aromatic carbocycles. The number of hydrogen-bond acceptors (Lipinski definition) is 5. The lowest BCUT2D eigenvalue weighted by atomic mass is 10.1. The van der Waals surface area contributed by atoms with Crippen LogP contribution in [0.3, 0.4) is 0 Å². The summed E-state index contributed by atoms with van der Waals surface area (Å²) < 4.78 is 10.3. The fourth-order valence-corrected chi connectivity index (χ4v) is 2.97. The first-order chi connectivity index (χ1) is 13.0. The number of carbonyl (C=O) groups is 3. The number of rotatable bonds is 4. The molecule has 2 amide bonds. The lowest BCUT2D eigenvalue weighted by Gasteiger charge is -2.34. The van der Waals surface area contributed by atoms with Crippen LogP contribution in [0.4, 0.5) is 0 Å². The topological polar surface area (TPSA) is 80.1 Å². The van der Waals surface area contributed by atoms with Gasteiger partial charge in [0.05, 0.1) is 11.8 Å². The molecule has 3 rings (SSSR count). The molecule has 0 saturated carbocycles. The van der Waals surface area contributed by atoms with Crippen LogP contribution < -0.4 is 0 Å². The summed E-state index contributed by atoms with van der Waals surface area (Å²) in [5, 5.41) is 0. The van der Waals surface area contributed by atoms with Crippen molar-refractivity contribution in [2.75, 3.05) is 32.8 Å². The van der Waals surface area contributed by atoms with E-state index in [0.29, 0.717) is 31.7 Å². The molecule has 142 valence electrons. The molecule has 2 aromatic rings. The quantitative estimate of drug-likeness (QED) is 0.770. The van der Waals surface area contributed by atoms with Gasteiger partial charge in [-0.25, -0.2) is 4.79 Å². The highest BCUT2D eigenvalue weighted by molar-refractivity contribution is 5.93. The van der Waals surface area contributed by atoms with Crippen molar-refractivity contribution in [1.82, 2.24) is 9.80 Å². The van der Waals surface area contributed by atoms with Gasteiger partial charge in [-0.3, -0.25) is 9.59 Å². The maximum Gasteiger partial charge on any atom is 0.338 e. The second-order valence-corrected chi connectivity index (χ2v) is 6.54. The van der Waals surface area contributed by atoms with E-state index < -0.39 is 5.97 Å². The van der Waals surface area contributed by atoms with Crippen LogP contribution in [-0.4, -0.2) is 60.4 Å². The van der Waals surface area contributed by atoms with Crippen molar-refractivity contribution in [3.8, 4) is 0 Å². The third kappa shape index (κ3) is 4.36. The highest BCUT2D eigenvalue weighted by atomic mass is 16.5. The van der Waals surface area contributed by atoms with Crippen molar-refractivity contribution in [1.29, 1.82) is 0 Å². The first-order valence-electron chi connectivity index (χ1n) is 8.80. The largest absolute Gasteiger partial charge is 0.459 e. The van der Waals surface area contributed by atoms with Crippen LogP contribution in [0.25, 0.3) is 0 Å². The van der Waals surface area contributed by atoms with E-state index >= 15 is 0 Å². The molecule has 7 nitrogen and oxygen atoms in total. The molecule has 0 unspecified atom stereocenters. The molecule has 27 heavy (non-hydrogen) atoms. The minimum absolute atomic E-state index is 0.187. The van der Waals surface area contributed by atoms with Gasteiger partial charge in [0.2, 0.25) is 0 Å². The smallest absolute Gasteiger partial charge is 0.338 e. The summed E-state index contributed by atoms with van der Waals surface area (Å²) in [5.74, 6) is -0.666. The number of esters is 1. The Morgan fingerprint density at radius 2 is 1.74 bits per heavy atom. The fourth-order valence-electron chi connectivity index (χ4n) is 2.97. The fraction of sp³-hybridized carbons (Fsp3) is 0.350. The SMILES string of the molecule is Cc1ccc(C)c(C(=O)OCC(=O)N2CCN(C(=O)c3ccco3)CC2)c1. The van der Waals surface area contributed by atoms with Crippen LogP contribution in [0.15, 0.2) is 41.0 Å². The van der Waals surface area contributed by atoms with Gasteiger partial charge in [0.15, 0.2) is 12.4 Å². The maximum absolute atomic E-state index is 12.3. The third-order valence-corrected chi connectivity index (χ3v) is 4.59. The Kier molecular flexibility index (Phi) is 5.59. The summed E-state index contributed by atoms with van der Waals surface area (Å²) in [5.41, 5.74) is 2.23. The zero-order chi connectivity index (χ0) is 19.4. The molecule has 0 atom stereocenters. The van der Waals surface area contributed by atoms with E-state index in [2.05, 4.69) is 0 Å². The zero-order valence-electron chi connectivity index (χ0n) is 15.4. The van der Waals surface area contributed by atoms with E-state index in [0.717, 1.165) is 11.1 Å². The number of piperazine rings is 1. The zero-order valence-corrected chi connectivity index (χ0v) is 15.4. The number of ether oxygens (including phenoxy) is 1. The van der Waals surface area contributed by atoms with Crippen LogP contribution in [-0.2, 0) is 9.53 Å². The van der Waals surface area contributed by atoms with Crippen molar-refractivity contribution in [2.45, 2.75) is 13.8 Å². The molecule has 1 aliphatic rings. The van der Waals surface area contributed by atoms with Gasteiger partial charge < -0.3 is 19.0 Å². The van der Waals surface area contributed by atoms with E-state index in [1.54, 1.807) is 28.0 Å². The predicted molar refractivity (Wildman–Crippen MR) is 97.4 cm³/mol. The van der Waals surface area contributed by atoms with Gasteiger partial charge >= 0.3 is 5.97 Å². The van der Waals surface area contributed by atoms with Crippen LogP contribution in [0.5, 0.6) is 0 Å². The van der Waals surface area contributed by atoms with E-state index in [1.807, 2.05) is 26.0 Å². The van der Waals surface area contributed by atoms with Crippen molar-refractivity contribution >= 4 is 17.8 Å². The Morgan fingerprint density at radius 1 is 1.04 bits per heavy atom. The highest BCUT2D eigenvalue weighted by Gasteiger charge is 2.26. The van der Waals surface area contributed by atoms with Gasteiger partial charge in [0.1, 0.15) is 0 Å². The molecule has 1 aromatic heterocycles. The van der Waals surface area contributed by atoms with Gasteiger partial charge in [0, 0.05) is 26.2 Å². The summed E-state index contributed by atoms with van der Waals surface area (Å²) in [4.78, 5) is 40.0. The van der Waals surface area contributed by atoms with Crippen molar-refractivity contribution in [3.05, 3.63) is 59.0 Å². The summed E-state index contributed by atoms with van der Waals surface area (Å²) in [6.07, 6.45) is 1.46. The van der Waals surface area contributed by atoms with Crippen molar-refractivity contribution in [3.63, 3.8) is 0 Å². The predicted octanol–water partition coefficient (Wildman–Crippen LogP) is 2.04. The number of hydrogen-bond donors (Lipinski definition) is 0. The van der Waals surface area contributed by atoms with Gasteiger partial charge in [-0.2, -0.15) is 0 Å². The molecule has 1 aliphatic heterocycles. The Labute approximate surface area is 157 Å². The highest BCUT2D eigenvalue weighted by Crippen LogP contribution is 2.13. The normalized spacial score (nSPS) is 14.1. The molecule has 0 bridgehead atoms. The molecule has 7 heteroatoms. The number of furan rings is 1. The third-order valence-electron chi connectivity index (χ3n) is 4.59. The van der Waals surface area contributed by atoms with Gasteiger partial charge in [0.25, 0.3) is 11.8 Å². The summed E-state index contributed by atoms with van der Waals surface area (Å²) >= 11 is 0. The Morgan fingerprint density at radius 3 is 2.41 bits per heavy atom. The minimum atomic E-state index is -0.504. The molecule has 1 fully saturated rings. The van der Waals surface area contributed by atoms with Gasteiger partial charge in [-0.15, -0.1) is 0 Å². The maximum atomic E-state index is 12.3. The number of nitrogens with zero attached hydrogens (tertiary/aromatic N) is 2. The second-order valence-electron chi connectivity index (χ2n) is 6.54. The molecule has 2 heterocycles. The van der Waals surface area contributed by atoms with E-state index in [9.17, 15) is 14.4 Å². The standard InChI is InChI=1S/C20H22N2O5/c1-14-5-6-15(2)16(12-14)20(25)27-13-18(23)21-7-9-22(10-8-21)19(24)17-4-3-11-26-17/h3-6,11-12H,7-10,13H2,1-2H3. The molecule has 0 spiro atoms. The van der Waals surface area contributed by atoms with Crippen LogP contribution >= 0.6 is 0 Å². The molecule has 0 radical (unpaired) electrons. The monoisotopic (exact) mass is 370 g/mol. The number of amides is 2. The van der Waals surface area contributed by atoms with Crippen LogP contribution in [0, 0.1) is 13.8 Å². The van der Waals surface area contributed by atoms with Crippen LogP contribution in [0.1, 0.15) is 32.0 Å². The number of carbonyl (C=O) groups excluding carboxylic acids is 3. The van der Waals surface area contributed by atoms with Crippen molar-refractivity contribution in [2.24, 2.45) is 0 Å². The summed E-state index contributed by atoms with van der Waals surface area (Å²) in [6.45, 7) is 5.03. The Hall–Kier alpha value is -3.09. The average Bonchev–Trinajstić information content (AvgIpc) is 3.22. The van der Waals surface area contributed by atoms with Crippen molar-refractivity contribution < 1.29 is 23.5 Å². The lowest BCUT2D eigenvalue weighted by molar-refractivity contribution is -0.136.